The van der Waals surface area contributed by atoms with Crippen LogP contribution >= 0.6 is 0 Å². The molecule has 1 unspecified atom stereocenters. The van der Waals surface area contributed by atoms with Crippen molar-refractivity contribution in [2.75, 3.05) is 0 Å². The van der Waals surface area contributed by atoms with Gasteiger partial charge in [0.15, 0.2) is 0 Å². The van der Waals surface area contributed by atoms with Gasteiger partial charge in [0.05, 0.1) is 11.8 Å². The Bertz CT molecular complexity index is 374. The van der Waals surface area contributed by atoms with Gasteiger partial charge in [0.2, 0.25) is 0 Å². The molecule has 3 nitrogen and oxygen atoms in total. The van der Waals surface area contributed by atoms with Crippen molar-refractivity contribution in [3.8, 4) is 0 Å². The zero-order chi connectivity index (χ0) is 13.9. The molecule has 0 bridgehead atoms. The monoisotopic (exact) mass is 252 g/mol. The third kappa shape index (κ3) is 4.13. The van der Waals surface area contributed by atoms with Crippen molar-refractivity contribution in [2.24, 2.45) is 13.0 Å². The highest BCUT2D eigenvalue weighted by Gasteiger charge is 2.25. The second-order valence-electron chi connectivity index (χ2n) is 6.70. The van der Waals surface area contributed by atoms with Crippen molar-refractivity contribution in [3.63, 3.8) is 0 Å². The standard InChI is InChI=1S/C15H28N2O/c1-11(2)8-7-9-13(18)12-10-17(6)16-14(12)15(3,4)5/h10-11,13,18H,7-9H2,1-6H3. The first-order chi connectivity index (χ1) is 8.21. The van der Waals surface area contributed by atoms with Gasteiger partial charge in [-0.3, -0.25) is 4.68 Å². The van der Waals surface area contributed by atoms with Crippen LogP contribution in [0.25, 0.3) is 0 Å². The predicted molar refractivity (Wildman–Crippen MR) is 75.6 cm³/mol. The maximum atomic E-state index is 10.3. The molecule has 18 heavy (non-hydrogen) atoms. The van der Waals surface area contributed by atoms with Crippen LogP contribution in [0.4, 0.5) is 0 Å². The molecule has 1 N–H and O–H groups in total. The Morgan fingerprint density at radius 3 is 2.39 bits per heavy atom. The van der Waals surface area contributed by atoms with Gasteiger partial charge in [0.25, 0.3) is 0 Å². The van der Waals surface area contributed by atoms with Crippen LogP contribution in [0.1, 0.15) is 71.2 Å². The minimum Gasteiger partial charge on any atom is -0.388 e. The number of nitrogens with zero attached hydrogens (tertiary/aromatic N) is 2. The van der Waals surface area contributed by atoms with Gasteiger partial charge in [-0.05, 0) is 12.3 Å². The fourth-order valence-corrected chi connectivity index (χ4v) is 2.21. The van der Waals surface area contributed by atoms with E-state index in [0.717, 1.165) is 24.1 Å². The van der Waals surface area contributed by atoms with Gasteiger partial charge in [-0.15, -0.1) is 0 Å². The first kappa shape index (κ1) is 15.2. The van der Waals surface area contributed by atoms with Crippen molar-refractivity contribution < 1.29 is 5.11 Å². The quantitative estimate of drug-likeness (QED) is 0.870. The molecule has 0 aliphatic rings. The Balaban J connectivity index is 2.76. The van der Waals surface area contributed by atoms with E-state index in [1.54, 1.807) is 0 Å². The summed E-state index contributed by atoms with van der Waals surface area (Å²) in [6.07, 6.45) is 4.64. The Morgan fingerprint density at radius 1 is 1.28 bits per heavy atom. The maximum absolute atomic E-state index is 10.3. The number of aliphatic hydroxyl groups is 1. The zero-order valence-electron chi connectivity index (χ0n) is 12.7. The molecule has 1 atom stereocenters. The summed E-state index contributed by atoms with van der Waals surface area (Å²) in [5.41, 5.74) is 1.99. The van der Waals surface area contributed by atoms with E-state index >= 15 is 0 Å². The Morgan fingerprint density at radius 2 is 1.89 bits per heavy atom. The lowest BCUT2D eigenvalue weighted by Crippen LogP contribution is -2.16. The average Bonchev–Trinajstić information content (AvgIpc) is 2.59. The highest BCUT2D eigenvalue weighted by Crippen LogP contribution is 2.30. The molecule has 1 heterocycles. The summed E-state index contributed by atoms with van der Waals surface area (Å²) in [5, 5.41) is 14.8. The van der Waals surface area contributed by atoms with Crippen molar-refractivity contribution >= 4 is 0 Å². The summed E-state index contributed by atoms with van der Waals surface area (Å²) in [6, 6.07) is 0. The van der Waals surface area contributed by atoms with Crippen LogP contribution in [-0.4, -0.2) is 14.9 Å². The topological polar surface area (TPSA) is 38.0 Å². The molecule has 0 aliphatic heterocycles. The number of aryl methyl sites for hydroxylation is 1. The van der Waals surface area contributed by atoms with E-state index < -0.39 is 0 Å². The second-order valence-corrected chi connectivity index (χ2v) is 6.70. The van der Waals surface area contributed by atoms with Crippen LogP contribution in [-0.2, 0) is 12.5 Å². The average molecular weight is 252 g/mol. The third-order valence-corrected chi connectivity index (χ3v) is 3.19. The van der Waals surface area contributed by atoms with Gasteiger partial charge in [0, 0.05) is 24.2 Å². The molecule has 0 saturated heterocycles. The van der Waals surface area contributed by atoms with Crippen molar-refractivity contribution in [3.05, 3.63) is 17.5 Å². The second kappa shape index (κ2) is 5.87. The SMILES string of the molecule is CC(C)CCCC(O)c1cn(C)nc1C(C)(C)C. The fraction of sp³-hybridized carbons (Fsp3) is 0.800. The molecule has 104 valence electrons. The largest absolute Gasteiger partial charge is 0.388 e. The molecule has 0 spiro atoms. The summed E-state index contributed by atoms with van der Waals surface area (Å²) >= 11 is 0. The van der Waals surface area contributed by atoms with E-state index in [2.05, 4.69) is 39.7 Å². The molecule has 1 aromatic rings. The maximum Gasteiger partial charge on any atom is 0.0823 e. The van der Waals surface area contributed by atoms with Gasteiger partial charge >= 0.3 is 0 Å². The molecule has 1 aromatic heterocycles. The molecule has 0 radical (unpaired) electrons. The Hall–Kier alpha value is -0.830. The van der Waals surface area contributed by atoms with Gasteiger partial charge in [-0.25, -0.2) is 0 Å². The summed E-state index contributed by atoms with van der Waals surface area (Å²) in [4.78, 5) is 0. The fourth-order valence-electron chi connectivity index (χ4n) is 2.21. The first-order valence-corrected chi connectivity index (χ1v) is 6.94. The summed E-state index contributed by atoms with van der Waals surface area (Å²) in [5.74, 6) is 0.702. The summed E-state index contributed by atoms with van der Waals surface area (Å²) in [7, 11) is 1.92. The van der Waals surface area contributed by atoms with Gasteiger partial charge in [-0.1, -0.05) is 47.5 Å². The molecule has 0 aliphatic carbocycles. The van der Waals surface area contributed by atoms with E-state index in [9.17, 15) is 5.11 Å². The Labute approximate surface area is 111 Å². The third-order valence-electron chi connectivity index (χ3n) is 3.19. The van der Waals surface area contributed by atoms with E-state index in [1.807, 2.05) is 17.9 Å². The van der Waals surface area contributed by atoms with E-state index in [0.29, 0.717) is 5.92 Å². The summed E-state index contributed by atoms with van der Waals surface area (Å²) in [6.45, 7) is 10.9. The van der Waals surface area contributed by atoms with Crippen LogP contribution in [0.3, 0.4) is 0 Å². The number of aromatic nitrogens is 2. The molecule has 0 saturated carbocycles. The van der Waals surface area contributed by atoms with E-state index in [-0.39, 0.29) is 11.5 Å². The number of aliphatic hydroxyl groups excluding tert-OH is 1. The first-order valence-electron chi connectivity index (χ1n) is 6.94. The van der Waals surface area contributed by atoms with Gasteiger partial charge in [-0.2, -0.15) is 5.10 Å². The lowest BCUT2D eigenvalue weighted by molar-refractivity contribution is 0.159. The van der Waals surface area contributed by atoms with Gasteiger partial charge < -0.3 is 5.11 Å². The van der Waals surface area contributed by atoms with Gasteiger partial charge in [0.1, 0.15) is 0 Å². The van der Waals surface area contributed by atoms with E-state index in [1.165, 1.54) is 6.42 Å². The van der Waals surface area contributed by atoms with Crippen LogP contribution in [0.2, 0.25) is 0 Å². The lowest BCUT2D eigenvalue weighted by atomic mass is 9.87. The molecular formula is C15H28N2O. The normalized spacial score (nSPS) is 14.2. The van der Waals surface area contributed by atoms with Crippen LogP contribution in [0.15, 0.2) is 6.20 Å². The molecule has 3 heteroatoms. The smallest absolute Gasteiger partial charge is 0.0823 e. The van der Waals surface area contributed by atoms with Crippen molar-refractivity contribution in [1.82, 2.24) is 9.78 Å². The molecule has 0 fully saturated rings. The molecular weight excluding hydrogens is 224 g/mol. The highest BCUT2D eigenvalue weighted by molar-refractivity contribution is 5.26. The van der Waals surface area contributed by atoms with Crippen molar-refractivity contribution in [1.29, 1.82) is 0 Å². The van der Waals surface area contributed by atoms with E-state index in [4.69, 9.17) is 0 Å². The zero-order valence-corrected chi connectivity index (χ0v) is 12.7. The summed E-state index contributed by atoms with van der Waals surface area (Å²) < 4.78 is 1.81. The predicted octanol–water partition coefficient (Wildman–Crippen LogP) is 3.58. The molecule has 0 aromatic carbocycles. The minimum atomic E-state index is -0.383. The number of hydrogen-bond donors (Lipinski definition) is 1. The van der Waals surface area contributed by atoms with Crippen LogP contribution < -0.4 is 0 Å². The number of rotatable bonds is 5. The molecule has 1 rings (SSSR count). The lowest BCUT2D eigenvalue weighted by Gasteiger charge is -2.20. The van der Waals surface area contributed by atoms with Crippen LogP contribution in [0, 0.1) is 5.92 Å². The van der Waals surface area contributed by atoms with Crippen LogP contribution in [0.5, 0.6) is 0 Å². The number of hydrogen-bond acceptors (Lipinski definition) is 2. The Kier molecular flexibility index (Phi) is 4.97. The minimum absolute atomic E-state index is 0.0182. The van der Waals surface area contributed by atoms with Crippen molar-refractivity contribution in [2.45, 2.75) is 65.4 Å². The molecule has 0 amide bonds. The highest BCUT2D eigenvalue weighted by atomic mass is 16.3.